The molecule has 0 spiro atoms. The van der Waals surface area contributed by atoms with Gasteiger partial charge >= 0.3 is 0 Å². The van der Waals surface area contributed by atoms with Gasteiger partial charge in [0, 0.05) is 29.9 Å². The topological polar surface area (TPSA) is 73.4 Å². The second-order valence-corrected chi connectivity index (χ2v) is 8.37. The average molecular weight is 455 g/mol. The van der Waals surface area contributed by atoms with Crippen molar-refractivity contribution >= 4 is 17.5 Å². The van der Waals surface area contributed by atoms with Crippen molar-refractivity contribution in [3.05, 3.63) is 77.2 Å². The highest BCUT2D eigenvalue weighted by Crippen LogP contribution is 2.32. The lowest BCUT2D eigenvalue weighted by Gasteiger charge is -2.36. The number of hydrogen-bond acceptors (Lipinski definition) is 4. The van der Waals surface area contributed by atoms with E-state index in [1.54, 1.807) is 0 Å². The molecular weight excluding hydrogens is 424 g/mol. The molecule has 7 heteroatoms. The molecule has 1 aliphatic rings. The van der Waals surface area contributed by atoms with Crippen LogP contribution >= 0.6 is 11.6 Å². The van der Waals surface area contributed by atoms with Gasteiger partial charge in [-0.15, -0.1) is 0 Å². The van der Waals surface area contributed by atoms with Crippen LogP contribution in [0.15, 0.2) is 60.8 Å². The molecule has 1 fully saturated rings. The molecule has 0 radical (unpaired) electrons. The van der Waals surface area contributed by atoms with Crippen molar-refractivity contribution in [1.29, 1.82) is 0 Å². The molecule has 2 N–H and O–H groups in total. The van der Waals surface area contributed by atoms with Crippen LogP contribution in [-0.2, 0) is 16.1 Å². The van der Waals surface area contributed by atoms with Crippen LogP contribution in [-0.4, -0.2) is 47.2 Å². The molecule has 0 aliphatic carbocycles. The molecule has 2 heterocycles. The Hall–Kier alpha value is -2.67. The van der Waals surface area contributed by atoms with E-state index < -0.39 is 0 Å². The predicted molar refractivity (Wildman–Crippen MR) is 128 cm³/mol. The Labute approximate surface area is 195 Å². The lowest BCUT2D eigenvalue weighted by atomic mass is 10.0. The maximum Gasteiger partial charge on any atom is 0.249 e. The Morgan fingerprint density at radius 1 is 1.12 bits per heavy atom. The summed E-state index contributed by atoms with van der Waals surface area (Å²) in [5.41, 5.74) is 7.51. The van der Waals surface area contributed by atoms with Gasteiger partial charge in [0.05, 0.1) is 18.3 Å². The first-order valence-electron chi connectivity index (χ1n) is 10.8. The van der Waals surface area contributed by atoms with Crippen LogP contribution in [0.4, 0.5) is 0 Å². The number of carbonyl (C=O) groups is 1. The van der Waals surface area contributed by atoms with Crippen molar-refractivity contribution in [1.82, 2.24) is 14.5 Å². The molecule has 170 valence electrons. The number of halogens is 1. The summed E-state index contributed by atoms with van der Waals surface area (Å²) >= 11 is 6.22. The van der Waals surface area contributed by atoms with Gasteiger partial charge in [-0.2, -0.15) is 0 Å². The number of imidazole rings is 1. The van der Waals surface area contributed by atoms with E-state index in [1.165, 1.54) is 12.6 Å². The molecule has 1 unspecified atom stereocenters. The van der Waals surface area contributed by atoms with E-state index in [0.717, 1.165) is 17.1 Å². The minimum Gasteiger partial charge on any atom is -0.370 e. The number of morpholine rings is 1. The summed E-state index contributed by atoms with van der Waals surface area (Å²) < 4.78 is 7.52. The van der Waals surface area contributed by atoms with E-state index in [4.69, 9.17) is 21.3 Å². The molecule has 1 aromatic heterocycles. The Bertz CT molecular complexity index is 1020. The standard InChI is InChI=1S/C24H26ClN3O2.CH5N/c1-17(2)23(28-11-12-30-16-22(28)29)24-26-21(19-9-6-10-20(25)13-19)15-27(24)14-18-7-4-3-5-8-18;1-2/h3-10,13,15,17,23H,11-12,14,16H2,1-2H3;2H2,1H3. The van der Waals surface area contributed by atoms with E-state index >= 15 is 0 Å². The summed E-state index contributed by atoms with van der Waals surface area (Å²) in [6.45, 7) is 6.21. The molecular formula is C25H31ClN4O2. The fraction of sp³-hybridized carbons (Fsp3) is 0.360. The van der Waals surface area contributed by atoms with Gasteiger partial charge in [-0.3, -0.25) is 4.79 Å². The second kappa shape index (κ2) is 11.3. The van der Waals surface area contributed by atoms with Gasteiger partial charge in [0.2, 0.25) is 5.91 Å². The molecule has 3 aromatic rings. The maximum atomic E-state index is 12.7. The van der Waals surface area contributed by atoms with Gasteiger partial charge < -0.3 is 19.9 Å². The second-order valence-electron chi connectivity index (χ2n) is 7.94. The number of carbonyl (C=O) groups excluding carboxylic acids is 1. The summed E-state index contributed by atoms with van der Waals surface area (Å²) in [5.74, 6) is 1.11. The highest BCUT2D eigenvalue weighted by molar-refractivity contribution is 6.30. The van der Waals surface area contributed by atoms with E-state index in [9.17, 15) is 4.79 Å². The van der Waals surface area contributed by atoms with Crippen molar-refractivity contribution in [3.8, 4) is 11.3 Å². The van der Waals surface area contributed by atoms with Gasteiger partial charge in [0.25, 0.3) is 0 Å². The molecule has 2 aromatic carbocycles. The fourth-order valence-electron chi connectivity index (χ4n) is 3.98. The Morgan fingerprint density at radius 2 is 1.88 bits per heavy atom. The summed E-state index contributed by atoms with van der Waals surface area (Å²) in [7, 11) is 1.50. The number of nitrogens with two attached hydrogens (primary N) is 1. The van der Waals surface area contributed by atoms with Gasteiger partial charge in [-0.1, -0.05) is 67.9 Å². The minimum absolute atomic E-state index is 0.0125. The van der Waals surface area contributed by atoms with E-state index in [2.05, 4.69) is 42.5 Å². The van der Waals surface area contributed by atoms with Crippen LogP contribution < -0.4 is 5.73 Å². The van der Waals surface area contributed by atoms with Crippen LogP contribution in [0.25, 0.3) is 11.3 Å². The minimum atomic E-state index is -0.127. The largest absolute Gasteiger partial charge is 0.370 e. The molecule has 0 bridgehead atoms. The first kappa shape index (κ1) is 24.0. The van der Waals surface area contributed by atoms with E-state index in [1.807, 2.05) is 47.4 Å². The summed E-state index contributed by atoms with van der Waals surface area (Å²) in [5, 5.41) is 0.676. The molecule has 0 saturated carbocycles. The van der Waals surface area contributed by atoms with E-state index in [-0.39, 0.29) is 24.5 Å². The number of benzene rings is 2. The van der Waals surface area contributed by atoms with Crippen LogP contribution in [0.1, 0.15) is 31.3 Å². The third-order valence-corrected chi connectivity index (χ3v) is 5.61. The first-order chi connectivity index (χ1) is 15.5. The number of aromatic nitrogens is 2. The predicted octanol–water partition coefficient (Wildman–Crippen LogP) is 4.38. The normalized spacial score (nSPS) is 14.8. The summed E-state index contributed by atoms with van der Waals surface area (Å²) in [4.78, 5) is 19.6. The third kappa shape index (κ3) is 5.57. The van der Waals surface area contributed by atoms with Gasteiger partial charge in [-0.25, -0.2) is 4.98 Å². The molecule has 6 nitrogen and oxygen atoms in total. The first-order valence-corrected chi connectivity index (χ1v) is 11.2. The number of hydrogen-bond donors (Lipinski definition) is 1. The SMILES string of the molecule is CC(C)C(c1nc(-c2cccc(Cl)c2)cn1Cc1ccccc1)N1CCOCC1=O.CN. The average Bonchev–Trinajstić information content (AvgIpc) is 3.20. The van der Waals surface area contributed by atoms with Gasteiger partial charge in [0.15, 0.2) is 0 Å². The van der Waals surface area contributed by atoms with Gasteiger partial charge in [0.1, 0.15) is 12.4 Å². The molecule has 1 amide bonds. The van der Waals surface area contributed by atoms with Crippen LogP contribution in [0.5, 0.6) is 0 Å². The van der Waals surface area contributed by atoms with Crippen LogP contribution in [0.3, 0.4) is 0 Å². The lowest BCUT2D eigenvalue weighted by Crippen LogP contribution is -2.46. The highest BCUT2D eigenvalue weighted by atomic mass is 35.5. The van der Waals surface area contributed by atoms with Crippen molar-refractivity contribution in [3.63, 3.8) is 0 Å². The zero-order chi connectivity index (χ0) is 23.1. The van der Waals surface area contributed by atoms with Crippen molar-refractivity contribution in [2.24, 2.45) is 11.7 Å². The number of nitrogens with zero attached hydrogens (tertiary/aromatic N) is 3. The third-order valence-electron chi connectivity index (χ3n) is 5.38. The fourth-order valence-corrected chi connectivity index (χ4v) is 4.17. The Kier molecular flexibility index (Phi) is 8.45. The Morgan fingerprint density at radius 3 is 2.53 bits per heavy atom. The monoisotopic (exact) mass is 454 g/mol. The van der Waals surface area contributed by atoms with Crippen LogP contribution in [0.2, 0.25) is 5.02 Å². The molecule has 4 rings (SSSR count). The molecule has 1 saturated heterocycles. The zero-order valence-corrected chi connectivity index (χ0v) is 19.6. The maximum absolute atomic E-state index is 12.7. The molecule has 1 atom stereocenters. The zero-order valence-electron chi connectivity index (χ0n) is 18.9. The quantitative estimate of drug-likeness (QED) is 0.599. The number of amides is 1. The highest BCUT2D eigenvalue weighted by Gasteiger charge is 2.33. The van der Waals surface area contributed by atoms with Crippen molar-refractivity contribution < 1.29 is 9.53 Å². The summed E-state index contributed by atoms with van der Waals surface area (Å²) in [6.07, 6.45) is 2.06. The summed E-state index contributed by atoms with van der Waals surface area (Å²) in [6, 6.07) is 17.9. The van der Waals surface area contributed by atoms with E-state index in [0.29, 0.717) is 24.7 Å². The van der Waals surface area contributed by atoms with Crippen LogP contribution in [0, 0.1) is 5.92 Å². The van der Waals surface area contributed by atoms with Crippen molar-refractivity contribution in [2.45, 2.75) is 26.4 Å². The smallest absolute Gasteiger partial charge is 0.249 e. The lowest BCUT2D eigenvalue weighted by molar-refractivity contribution is -0.147. The van der Waals surface area contributed by atoms with Gasteiger partial charge in [-0.05, 0) is 30.7 Å². The molecule has 32 heavy (non-hydrogen) atoms. The molecule has 1 aliphatic heterocycles. The number of ether oxygens (including phenoxy) is 1. The number of rotatable bonds is 6. The van der Waals surface area contributed by atoms with Crippen molar-refractivity contribution in [2.75, 3.05) is 26.8 Å². The Balaban J connectivity index is 0.00000141.